The molecule has 132 valence electrons. The number of hydrogen-bond acceptors (Lipinski definition) is 3. The molecule has 3 heteroatoms. The number of anilines is 2. The Kier molecular flexibility index (Phi) is 6.30. The molecule has 0 fully saturated rings. The van der Waals surface area contributed by atoms with Crippen LogP contribution in [0.25, 0.3) is 0 Å². The molecule has 0 saturated heterocycles. The zero-order chi connectivity index (χ0) is 18.5. The average molecular weight is 329 g/mol. The zero-order valence-corrected chi connectivity index (χ0v) is 15.9. The highest BCUT2D eigenvalue weighted by Gasteiger charge is 2.26. The number of aromatic hydroxyl groups is 1. The van der Waals surface area contributed by atoms with Gasteiger partial charge in [0.25, 0.3) is 0 Å². The summed E-state index contributed by atoms with van der Waals surface area (Å²) in [5.74, 6) is 0.338. The molecule has 2 aromatic carbocycles. The highest BCUT2D eigenvalue weighted by Crippen LogP contribution is 2.36. The van der Waals surface area contributed by atoms with Crippen LogP contribution in [-0.2, 0) is 5.41 Å². The Morgan fingerprint density at radius 2 is 1.42 bits per heavy atom. The second-order valence-corrected chi connectivity index (χ2v) is 8.28. The minimum Gasteiger partial charge on any atom is -0.508 e. The minimum atomic E-state index is 0.159. The van der Waals surface area contributed by atoms with Crippen LogP contribution in [0.3, 0.4) is 0 Å². The third-order valence-corrected chi connectivity index (χ3v) is 3.92. The van der Waals surface area contributed by atoms with Crippen LogP contribution in [0.1, 0.15) is 52.2 Å². The lowest BCUT2D eigenvalue weighted by atomic mass is 9.72. The van der Waals surface area contributed by atoms with E-state index < -0.39 is 0 Å². The topological polar surface area (TPSA) is 72.3 Å². The van der Waals surface area contributed by atoms with Crippen LogP contribution in [0.5, 0.6) is 5.75 Å². The van der Waals surface area contributed by atoms with E-state index in [0.29, 0.717) is 11.2 Å². The summed E-state index contributed by atoms with van der Waals surface area (Å²) in [5, 5.41) is 9.25. The third-order valence-electron chi connectivity index (χ3n) is 3.92. The maximum absolute atomic E-state index is 9.25. The molecule has 0 aliphatic carbocycles. The first-order valence-corrected chi connectivity index (χ1v) is 8.32. The van der Waals surface area contributed by atoms with Gasteiger partial charge in [-0.25, -0.2) is 0 Å². The van der Waals surface area contributed by atoms with Crippen LogP contribution in [0.2, 0.25) is 0 Å². The molecule has 0 atom stereocenters. The van der Waals surface area contributed by atoms with Gasteiger partial charge in [0.1, 0.15) is 5.75 Å². The molecule has 0 aliphatic heterocycles. The van der Waals surface area contributed by atoms with Crippen molar-refractivity contribution < 1.29 is 5.11 Å². The molecule has 0 amide bonds. The highest BCUT2D eigenvalue weighted by molar-refractivity contribution is 5.55. The number of rotatable bonds is 2. The van der Waals surface area contributed by atoms with E-state index in [0.717, 1.165) is 23.4 Å². The van der Waals surface area contributed by atoms with E-state index >= 15 is 0 Å². The molecule has 2 rings (SSSR count). The third kappa shape index (κ3) is 6.53. The van der Waals surface area contributed by atoms with Crippen molar-refractivity contribution >= 4 is 11.4 Å². The van der Waals surface area contributed by atoms with Crippen LogP contribution in [0.15, 0.2) is 42.5 Å². The van der Waals surface area contributed by atoms with Gasteiger partial charge in [-0.2, -0.15) is 0 Å². The van der Waals surface area contributed by atoms with E-state index in [9.17, 15) is 5.11 Å². The maximum Gasteiger partial charge on any atom is 0.115 e. The fourth-order valence-electron chi connectivity index (χ4n) is 3.00. The first-order valence-electron chi connectivity index (χ1n) is 8.32. The molecule has 0 radical (unpaired) electrons. The largest absolute Gasteiger partial charge is 0.508 e. The normalized spacial score (nSPS) is 11.6. The van der Waals surface area contributed by atoms with Crippen LogP contribution in [0.4, 0.5) is 11.4 Å². The summed E-state index contributed by atoms with van der Waals surface area (Å²) >= 11 is 0. The fourth-order valence-corrected chi connectivity index (χ4v) is 3.00. The van der Waals surface area contributed by atoms with Gasteiger partial charge in [-0.15, -0.1) is 0 Å². The Morgan fingerprint density at radius 1 is 0.875 bits per heavy atom. The lowest BCUT2D eigenvalue weighted by Gasteiger charge is -2.33. The highest BCUT2D eigenvalue weighted by atomic mass is 16.3. The van der Waals surface area contributed by atoms with Crippen LogP contribution in [0, 0.1) is 12.3 Å². The molecule has 0 heterocycles. The van der Waals surface area contributed by atoms with Gasteiger partial charge in [0.05, 0.1) is 0 Å². The van der Waals surface area contributed by atoms with Crippen molar-refractivity contribution in [3.05, 3.63) is 53.6 Å². The summed E-state index contributed by atoms with van der Waals surface area (Å²) in [6.45, 7) is 13.2. The van der Waals surface area contributed by atoms with E-state index in [4.69, 9.17) is 11.5 Å². The molecular weight excluding hydrogens is 296 g/mol. The van der Waals surface area contributed by atoms with Crippen LogP contribution >= 0.6 is 0 Å². The molecule has 0 aliphatic rings. The quantitative estimate of drug-likeness (QED) is 0.658. The summed E-state index contributed by atoms with van der Waals surface area (Å²) in [5.41, 5.74) is 15.3. The number of phenols is 1. The summed E-state index contributed by atoms with van der Waals surface area (Å²) in [4.78, 5) is 0. The van der Waals surface area contributed by atoms with Crippen molar-refractivity contribution in [2.75, 3.05) is 11.5 Å². The number of nitrogen functional groups attached to an aromatic ring is 2. The van der Waals surface area contributed by atoms with Gasteiger partial charge in [-0.1, -0.05) is 52.8 Å². The predicted molar refractivity (Wildman–Crippen MR) is 105 cm³/mol. The van der Waals surface area contributed by atoms with Gasteiger partial charge in [0.15, 0.2) is 0 Å². The van der Waals surface area contributed by atoms with Crippen molar-refractivity contribution in [1.29, 1.82) is 0 Å². The molecule has 3 nitrogen and oxygen atoms in total. The predicted octanol–water partition coefficient (Wildman–Crippen LogP) is 5.27. The Bertz CT molecular complexity index is 653. The van der Waals surface area contributed by atoms with Gasteiger partial charge in [0, 0.05) is 11.4 Å². The van der Waals surface area contributed by atoms with Crippen molar-refractivity contribution in [3.63, 3.8) is 0 Å². The Balaban J connectivity index is 0.000000272. The number of hydrogen-bond donors (Lipinski definition) is 3. The molecule has 0 spiro atoms. The van der Waals surface area contributed by atoms with E-state index in [-0.39, 0.29) is 5.41 Å². The smallest absolute Gasteiger partial charge is 0.115 e. The van der Waals surface area contributed by atoms with Gasteiger partial charge < -0.3 is 16.6 Å². The van der Waals surface area contributed by atoms with Crippen molar-refractivity contribution in [2.45, 2.75) is 53.4 Å². The maximum atomic E-state index is 9.25. The lowest BCUT2D eigenvalue weighted by molar-refractivity contribution is 0.284. The zero-order valence-electron chi connectivity index (χ0n) is 15.9. The van der Waals surface area contributed by atoms with Crippen molar-refractivity contribution in [2.24, 2.45) is 5.41 Å². The van der Waals surface area contributed by atoms with Gasteiger partial charge in [-0.3, -0.25) is 0 Å². The fraction of sp³-hybridized carbons (Fsp3) is 0.429. The summed E-state index contributed by atoms with van der Waals surface area (Å²) in [6, 6.07) is 13.1. The molecule has 2 aromatic rings. The van der Waals surface area contributed by atoms with Crippen molar-refractivity contribution in [3.8, 4) is 5.75 Å². The average Bonchev–Trinajstić information content (AvgIpc) is 2.42. The standard InChI is InChI=1S/C14H22O.C7H10N2/c1-13(2,3)10-14(4,5)11-6-8-12(15)9-7-11;1-5-2-3-6(8)4-7(5)9/h6-9,15H,10H2,1-5H3;2-4H,8-9H2,1H3. The number of nitrogens with two attached hydrogens (primary N) is 2. The molecule has 0 bridgehead atoms. The van der Waals surface area contributed by atoms with Gasteiger partial charge >= 0.3 is 0 Å². The van der Waals surface area contributed by atoms with E-state index in [1.54, 1.807) is 18.2 Å². The lowest BCUT2D eigenvalue weighted by Crippen LogP contribution is -2.24. The molecular formula is C21H32N2O. The first-order chi connectivity index (χ1) is 10.9. The van der Waals surface area contributed by atoms with Gasteiger partial charge in [0.2, 0.25) is 0 Å². The molecule has 24 heavy (non-hydrogen) atoms. The monoisotopic (exact) mass is 328 g/mol. The van der Waals surface area contributed by atoms with Gasteiger partial charge in [-0.05, 0) is 59.6 Å². The van der Waals surface area contributed by atoms with E-state index in [1.807, 2.05) is 31.2 Å². The molecule has 0 saturated carbocycles. The van der Waals surface area contributed by atoms with E-state index in [2.05, 4.69) is 34.6 Å². The Hall–Kier alpha value is -2.16. The second kappa shape index (κ2) is 7.61. The summed E-state index contributed by atoms with van der Waals surface area (Å²) in [7, 11) is 0. The molecule has 5 N–H and O–H groups in total. The number of benzene rings is 2. The first kappa shape index (κ1) is 19.9. The summed E-state index contributed by atoms with van der Waals surface area (Å²) < 4.78 is 0. The minimum absolute atomic E-state index is 0.159. The Labute approximate surface area is 146 Å². The number of aryl methyl sites for hydroxylation is 1. The molecule has 0 unspecified atom stereocenters. The molecule has 0 aromatic heterocycles. The van der Waals surface area contributed by atoms with Crippen LogP contribution < -0.4 is 11.5 Å². The number of phenolic OH excluding ortho intramolecular Hbond substituents is 1. The van der Waals surface area contributed by atoms with E-state index in [1.165, 1.54) is 5.56 Å². The SMILES string of the molecule is CC(C)(C)CC(C)(C)c1ccc(O)cc1.Cc1ccc(N)cc1N. The van der Waals surface area contributed by atoms with Crippen LogP contribution in [-0.4, -0.2) is 5.11 Å². The second-order valence-electron chi connectivity index (χ2n) is 8.28. The summed E-state index contributed by atoms with van der Waals surface area (Å²) in [6.07, 6.45) is 1.13. The Morgan fingerprint density at radius 3 is 1.83 bits per heavy atom. The van der Waals surface area contributed by atoms with Crippen molar-refractivity contribution in [1.82, 2.24) is 0 Å².